The maximum atomic E-state index is 13.4. The van der Waals surface area contributed by atoms with Crippen LogP contribution in [0, 0.1) is 0 Å². The number of rotatable bonds is 9. The van der Waals surface area contributed by atoms with Gasteiger partial charge in [0.1, 0.15) is 11.5 Å². The van der Waals surface area contributed by atoms with Gasteiger partial charge in [0.15, 0.2) is 0 Å². The number of sulfonamides is 1. The molecule has 0 saturated heterocycles. The maximum absolute atomic E-state index is 13.4. The molecule has 0 radical (unpaired) electrons. The summed E-state index contributed by atoms with van der Waals surface area (Å²) in [6.07, 6.45) is -0.713. The van der Waals surface area contributed by atoms with Crippen molar-refractivity contribution >= 4 is 16.0 Å². The fraction of sp³-hybridized carbons (Fsp3) is 0.333. The molecule has 0 aliphatic carbocycles. The highest BCUT2D eigenvalue weighted by Gasteiger charge is 2.33. The minimum absolute atomic E-state index is 0.0576. The van der Waals surface area contributed by atoms with Crippen LogP contribution in [0.4, 0.5) is 19.1 Å². The second kappa shape index (κ2) is 10.7. The quantitative estimate of drug-likeness (QED) is 0.409. The Labute approximate surface area is 206 Å². The first-order valence-electron chi connectivity index (χ1n) is 11.1. The van der Waals surface area contributed by atoms with Gasteiger partial charge in [0.2, 0.25) is 5.95 Å². The Balaban J connectivity index is 1.66. The monoisotopic (exact) mass is 523 g/mol. The first-order chi connectivity index (χ1) is 17.2. The molecule has 0 unspecified atom stereocenters. The zero-order valence-electron chi connectivity index (χ0n) is 19.3. The van der Waals surface area contributed by atoms with Crippen molar-refractivity contribution in [3.63, 3.8) is 0 Å². The molecule has 2 heterocycles. The van der Waals surface area contributed by atoms with Crippen molar-refractivity contribution in [2.24, 2.45) is 0 Å². The van der Waals surface area contributed by atoms with Gasteiger partial charge in [0, 0.05) is 55.6 Å². The average molecular weight is 524 g/mol. The summed E-state index contributed by atoms with van der Waals surface area (Å²) in [5.41, 5.74) is 0.407. The van der Waals surface area contributed by atoms with Crippen LogP contribution in [0.25, 0.3) is 0 Å². The van der Waals surface area contributed by atoms with E-state index in [9.17, 15) is 21.6 Å². The molecule has 12 heteroatoms. The molecule has 3 aromatic rings. The lowest BCUT2D eigenvalue weighted by atomic mass is 9.85. The van der Waals surface area contributed by atoms with E-state index in [1.165, 1.54) is 37.7 Å². The Morgan fingerprint density at radius 1 is 1.08 bits per heavy atom. The zero-order chi connectivity index (χ0) is 25.8. The maximum Gasteiger partial charge on any atom is 0.416 e. The number of anilines is 1. The van der Waals surface area contributed by atoms with Crippen LogP contribution in [0.2, 0.25) is 0 Å². The van der Waals surface area contributed by atoms with Crippen LogP contribution in [-0.4, -0.2) is 45.3 Å². The van der Waals surface area contributed by atoms with E-state index >= 15 is 0 Å². The van der Waals surface area contributed by atoms with Gasteiger partial charge in [0.05, 0.1) is 23.7 Å². The Hall–Kier alpha value is -3.38. The van der Waals surface area contributed by atoms with Crippen molar-refractivity contribution in [3.8, 4) is 11.5 Å². The van der Waals surface area contributed by atoms with E-state index in [0.717, 1.165) is 12.1 Å². The number of nitrogens with zero attached hydrogens (tertiary/aromatic N) is 2. The highest BCUT2D eigenvalue weighted by atomic mass is 32.2. The minimum Gasteiger partial charge on any atom is -0.493 e. The van der Waals surface area contributed by atoms with Crippen molar-refractivity contribution in [2.75, 3.05) is 31.7 Å². The molecule has 8 nitrogen and oxygen atoms in total. The fourth-order valence-electron chi connectivity index (χ4n) is 3.90. The molecule has 0 spiro atoms. The number of ether oxygens (including phenoxy) is 3. The lowest BCUT2D eigenvalue weighted by molar-refractivity contribution is -0.137. The van der Waals surface area contributed by atoms with E-state index in [4.69, 9.17) is 14.2 Å². The highest BCUT2D eigenvalue weighted by molar-refractivity contribution is 7.92. The summed E-state index contributed by atoms with van der Waals surface area (Å²) in [4.78, 5) is 7.67. The Morgan fingerprint density at radius 3 is 2.56 bits per heavy atom. The third-order valence-electron chi connectivity index (χ3n) is 5.59. The van der Waals surface area contributed by atoms with Gasteiger partial charge in [0.25, 0.3) is 10.0 Å². The highest BCUT2D eigenvalue weighted by Crippen LogP contribution is 2.44. The molecular formula is C24H24F3N3O5S. The Bertz CT molecular complexity index is 1300. The molecule has 1 aliphatic rings. The summed E-state index contributed by atoms with van der Waals surface area (Å²) in [5, 5.41) is 0. The van der Waals surface area contributed by atoms with Crippen molar-refractivity contribution in [2.45, 2.75) is 29.8 Å². The lowest BCUT2D eigenvalue weighted by Gasteiger charge is -2.28. The topological polar surface area (TPSA) is 99.6 Å². The molecule has 1 N–H and O–H groups in total. The molecule has 4 rings (SSSR count). The second-order valence-electron chi connectivity index (χ2n) is 8.01. The normalized spacial score (nSPS) is 15.6. The van der Waals surface area contributed by atoms with Crippen LogP contribution >= 0.6 is 0 Å². The SMILES string of the molecule is COCCCOc1cc(C(F)(F)F)ccc1[C@H]1CCOc2cc(S(=O)(=O)Nc3ncccn3)ccc21. The van der Waals surface area contributed by atoms with Crippen molar-refractivity contribution in [1.29, 1.82) is 0 Å². The van der Waals surface area contributed by atoms with Gasteiger partial charge in [-0.2, -0.15) is 13.2 Å². The zero-order valence-corrected chi connectivity index (χ0v) is 20.1. The number of aromatic nitrogens is 2. The van der Waals surface area contributed by atoms with Gasteiger partial charge in [-0.3, -0.25) is 0 Å². The third-order valence-corrected chi connectivity index (χ3v) is 6.92. The second-order valence-corrected chi connectivity index (χ2v) is 9.69. The lowest BCUT2D eigenvalue weighted by Crippen LogP contribution is -2.19. The van der Waals surface area contributed by atoms with Gasteiger partial charge in [-0.05, 0) is 30.7 Å². The van der Waals surface area contributed by atoms with Crippen LogP contribution in [-0.2, 0) is 20.9 Å². The van der Waals surface area contributed by atoms with Gasteiger partial charge >= 0.3 is 6.18 Å². The standard InChI is InChI=1S/C24H24F3N3O5S/c1-33-11-3-12-34-21-14-16(24(25,26)27)4-6-19(21)18-8-13-35-22-15-17(5-7-20(18)22)36(31,32)30-23-28-9-2-10-29-23/h2,4-7,9-10,14-15,18H,3,8,11-13H2,1H3,(H,28,29,30)/t18-/m1/s1. The molecule has 0 fully saturated rings. The smallest absolute Gasteiger partial charge is 0.416 e. The largest absolute Gasteiger partial charge is 0.493 e. The summed E-state index contributed by atoms with van der Waals surface area (Å²) < 4.78 is 84.5. The summed E-state index contributed by atoms with van der Waals surface area (Å²) in [6.45, 7) is 0.844. The molecule has 0 saturated carbocycles. The van der Waals surface area contributed by atoms with E-state index in [1.54, 1.807) is 12.1 Å². The number of methoxy groups -OCH3 is 1. The van der Waals surface area contributed by atoms with E-state index in [0.29, 0.717) is 36.3 Å². The Kier molecular flexibility index (Phi) is 7.65. The molecule has 1 aromatic heterocycles. The molecule has 1 aliphatic heterocycles. The summed E-state index contributed by atoms with van der Waals surface area (Å²) in [6, 6.07) is 9.39. The van der Waals surface area contributed by atoms with Crippen LogP contribution < -0.4 is 14.2 Å². The number of hydrogen-bond acceptors (Lipinski definition) is 7. The summed E-state index contributed by atoms with van der Waals surface area (Å²) >= 11 is 0. The van der Waals surface area contributed by atoms with E-state index in [-0.39, 0.29) is 35.7 Å². The van der Waals surface area contributed by atoms with Gasteiger partial charge in [-0.1, -0.05) is 12.1 Å². The number of alkyl halides is 3. The third kappa shape index (κ3) is 5.88. The molecule has 192 valence electrons. The number of halogens is 3. The molecule has 1 atom stereocenters. The van der Waals surface area contributed by atoms with Crippen LogP contribution in [0.3, 0.4) is 0 Å². The van der Waals surface area contributed by atoms with Crippen LogP contribution in [0.15, 0.2) is 59.8 Å². The predicted octanol–water partition coefficient (Wildman–Crippen LogP) is 4.63. The fourth-order valence-corrected chi connectivity index (χ4v) is 4.87. The molecular weight excluding hydrogens is 499 g/mol. The molecule has 0 amide bonds. The number of nitrogens with one attached hydrogen (secondary N) is 1. The van der Waals surface area contributed by atoms with Gasteiger partial charge in [-0.15, -0.1) is 0 Å². The predicted molar refractivity (Wildman–Crippen MR) is 125 cm³/mol. The average Bonchev–Trinajstić information content (AvgIpc) is 2.85. The molecule has 2 aromatic carbocycles. The van der Waals surface area contributed by atoms with E-state index in [1.807, 2.05) is 0 Å². The first kappa shape index (κ1) is 25.7. The molecule has 36 heavy (non-hydrogen) atoms. The van der Waals surface area contributed by atoms with Crippen molar-refractivity contribution in [3.05, 3.63) is 71.5 Å². The van der Waals surface area contributed by atoms with Crippen LogP contribution in [0.5, 0.6) is 11.5 Å². The van der Waals surface area contributed by atoms with Gasteiger partial charge < -0.3 is 14.2 Å². The molecule has 0 bridgehead atoms. The number of fused-ring (bicyclic) bond motifs is 1. The number of benzene rings is 2. The van der Waals surface area contributed by atoms with Crippen molar-refractivity contribution < 1.29 is 35.8 Å². The Morgan fingerprint density at radius 2 is 1.83 bits per heavy atom. The van der Waals surface area contributed by atoms with E-state index in [2.05, 4.69) is 14.7 Å². The summed E-state index contributed by atoms with van der Waals surface area (Å²) in [5.74, 6) is 0.0244. The van der Waals surface area contributed by atoms with Crippen molar-refractivity contribution in [1.82, 2.24) is 9.97 Å². The summed E-state index contributed by atoms with van der Waals surface area (Å²) in [7, 11) is -2.46. The minimum atomic E-state index is -4.52. The van der Waals surface area contributed by atoms with Crippen LogP contribution in [0.1, 0.15) is 35.4 Å². The van der Waals surface area contributed by atoms with Gasteiger partial charge in [-0.25, -0.2) is 23.1 Å². The van der Waals surface area contributed by atoms with E-state index < -0.39 is 21.8 Å². The first-order valence-corrected chi connectivity index (χ1v) is 12.6. The number of hydrogen-bond donors (Lipinski definition) is 1.